The molecule has 13 heteroatoms. The molecule has 3 aromatic rings. The van der Waals surface area contributed by atoms with E-state index in [1.165, 1.54) is 0 Å². The molecule has 1 aromatic heterocycles. The number of sulfonamides is 1. The average molecular weight is 543 g/mol. The van der Waals surface area contributed by atoms with Gasteiger partial charge in [0.2, 0.25) is 0 Å². The molecule has 0 spiro atoms. The van der Waals surface area contributed by atoms with Crippen LogP contribution in [0.2, 0.25) is 5.02 Å². The number of aromatic nitrogens is 1. The van der Waals surface area contributed by atoms with Crippen LogP contribution in [-0.4, -0.2) is 40.6 Å². The van der Waals surface area contributed by atoms with E-state index >= 15 is 0 Å². The molecular formula is C22H22Cl2F2N6O2S. The van der Waals surface area contributed by atoms with Gasteiger partial charge in [-0.2, -0.15) is 0 Å². The summed E-state index contributed by atoms with van der Waals surface area (Å²) in [5, 5.41) is 6.01. The number of nitrogens with zero attached hydrogens (tertiary/aromatic N) is 3. The zero-order valence-corrected chi connectivity index (χ0v) is 21.0. The van der Waals surface area contributed by atoms with Crippen LogP contribution in [0.15, 0.2) is 53.6 Å². The van der Waals surface area contributed by atoms with Gasteiger partial charge in [-0.05, 0) is 37.4 Å². The van der Waals surface area contributed by atoms with Crippen LogP contribution in [-0.2, 0) is 10.0 Å². The van der Waals surface area contributed by atoms with Crippen LogP contribution in [0, 0.1) is 18.2 Å². The molecule has 1 heterocycles. The Morgan fingerprint density at radius 3 is 2.51 bits per heavy atom. The monoisotopic (exact) mass is 542 g/mol. The second-order valence-electron chi connectivity index (χ2n) is 7.19. The minimum atomic E-state index is -4.38. The van der Waals surface area contributed by atoms with E-state index < -0.39 is 26.6 Å². The van der Waals surface area contributed by atoms with Crippen molar-refractivity contribution in [3.05, 3.63) is 76.7 Å². The minimum Gasteiger partial charge on any atom is -0.373 e. The zero-order chi connectivity index (χ0) is 24.9. The third-order valence-corrected chi connectivity index (χ3v) is 6.45. The lowest BCUT2D eigenvalue weighted by Gasteiger charge is -2.24. The number of pyridine rings is 1. The maximum atomic E-state index is 14.9. The maximum Gasteiger partial charge on any atom is 0.266 e. The normalized spacial score (nSPS) is 10.7. The summed E-state index contributed by atoms with van der Waals surface area (Å²) >= 11 is 6.30. The van der Waals surface area contributed by atoms with Gasteiger partial charge in [-0.3, -0.25) is 4.72 Å². The topological polar surface area (TPSA) is 90.7 Å². The fourth-order valence-corrected chi connectivity index (χ4v) is 4.39. The van der Waals surface area contributed by atoms with E-state index in [1.54, 1.807) is 18.2 Å². The molecule has 0 atom stereocenters. The third kappa shape index (κ3) is 6.93. The summed E-state index contributed by atoms with van der Waals surface area (Å²) in [4.78, 5) is 8.28. The Morgan fingerprint density at radius 2 is 1.89 bits per heavy atom. The van der Waals surface area contributed by atoms with E-state index in [4.69, 9.17) is 18.2 Å². The van der Waals surface area contributed by atoms with E-state index in [9.17, 15) is 17.2 Å². The van der Waals surface area contributed by atoms with Gasteiger partial charge in [0.05, 0.1) is 29.2 Å². The molecule has 35 heavy (non-hydrogen) atoms. The Hall–Kier alpha value is -3.17. The van der Waals surface area contributed by atoms with Crippen molar-refractivity contribution < 1.29 is 17.2 Å². The van der Waals surface area contributed by atoms with Gasteiger partial charge in [-0.15, -0.1) is 12.4 Å². The third-order valence-electron chi connectivity index (χ3n) is 4.77. The van der Waals surface area contributed by atoms with Crippen LogP contribution < -0.4 is 20.3 Å². The van der Waals surface area contributed by atoms with Crippen molar-refractivity contribution in [2.75, 3.05) is 42.1 Å². The van der Waals surface area contributed by atoms with Crippen LogP contribution in [0.5, 0.6) is 0 Å². The Morgan fingerprint density at radius 1 is 1.14 bits per heavy atom. The molecule has 0 aliphatic heterocycles. The van der Waals surface area contributed by atoms with E-state index in [2.05, 4.69) is 25.2 Å². The lowest BCUT2D eigenvalue weighted by atomic mass is 10.2. The van der Waals surface area contributed by atoms with Crippen LogP contribution in [0.3, 0.4) is 0 Å². The Labute approximate surface area is 213 Å². The fraction of sp³-hybridized carbons (Fsp3) is 0.182. The molecule has 0 saturated heterocycles. The quantitative estimate of drug-likeness (QED) is 0.322. The second kappa shape index (κ2) is 12.0. The molecule has 0 aliphatic carbocycles. The largest absolute Gasteiger partial charge is 0.373 e. The number of hydrogen-bond donors (Lipinski definition) is 3. The molecule has 0 unspecified atom stereocenters. The van der Waals surface area contributed by atoms with Gasteiger partial charge in [0.15, 0.2) is 5.69 Å². The molecular weight excluding hydrogens is 521 g/mol. The number of benzene rings is 2. The van der Waals surface area contributed by atoms with Gasteiger partial charge in [0.25, 0.3) is 10.0 Å². The van der Waals surface area contributed by atoms with Gasteiger partial charge in [0.1, 0.15) is 22.3 Å². The predicted octanol–water partition coefficient (Wildman–Crippen LogP) is 5.19. The first kappa shape index (κ1) is 28.1. The van der Waals surface area contributed by atoms with Crippen molar-refractivity contribution in [3.63, 3.8) is 0 Å². The lowest BCUT2D eigenvalue weighted by molar-refractivity contribution is 0.570. The predicted molar refractivity (Wildman–Crippen MR) is 137 cm³/mol. The number of likely N-dealkylation sites (N-methyl/N-ethyl adjacent to an activating group) is 2. The maximum absolute atomic E-state index is 14.9. The number of hydrogen-bond acceptors (Lipinski definition) is 6. The van der Waals surface area contributed by atoms with Crippen molar-refractivity contribution >= 4 is 62.6 Å². The molecule has 186 valence electrons. The highest BCUT2D eigenvalue weighted by molar-refractivity contribution is 7.92. The molecule has 8 nitrogen and oxygen atoms in total. The molecule has 0 aliphatic rings. The van der Waals surface area contributed by atoms with Crippen molar-refractivity contribution in [2.24, 2.45) is 0 Å². The summed E-state index contributed by atoms with van der Waals surface area (Å²) in [5.41, 5.74) is 1.80. The van der Waals surface area contributed by atoms with Gasteiger partial charge in [0, 0.05) is 31.9 Å². The molecule has 2 aromatic carbocycles. The fourth-order valence-electron chi connectivity index (χ4n) is 3.02. The molecule has 0 fully saturated rings. The van der Waals surface area contributed by atoms with Crippen molar-refractivity contribution in [2.45, 2.75) is 4.90 Å². The summed E-state index contributed by atoms with van der Waals surface area (Å²) in [6.45, 7) is 8.59. The SMILES string of the molecule is Cl.[C-]#[N+]c1ccc(Nc2cc(F)c(S(=O)(=O)Nc3ccc(F)cn3)cc2Cl)c(N(C)CCNC)c1. The average Bonchev–Trinajstić information content (AvgIpc) is 2.81. The summed E-state index contributed by atoms with van der Waals surface area (Å²) in [6, 6.07) is 9.03. The first-order valence-corrected chi connectivity index (χ1v) is 11.8. The Bertz CT molecular complexity index is 1340. The van der Waals surface area contributed by atoms with Gasteiger partial charge < -0.3 is 15.5 Å². The summed E-state index contributed by atoms with van der Waals surface area (Å²) < 4.78 is 55.3. The first-order valence-electron chi connectivity index (χ1n) is 9.92. The minimum absolute atomic E-state index is 0. The zero-order valence-electron chi connectivity index (χ0n) is 18.6. The summed E-state index contributed by atoms with van der Waals surface area (Å²) in [5.74, 6) is -1.87. The van der Waals surface area contributed by atoms with Crippen molar-refractivity contribution in [3.8, 4) is 0 Å². The first-order chi connectivity index (χ1) is 16.1. The number of nitrogens with one attached hydrogen (secondary N) is 3. The van der Waals surface area contributed by atoms with E-state index in [0.29, 0.717) is 30.2 Å². The highest BCUT2D eigenvalue weighted by Gasteiger charge is 2.23. The molecule has 0 saturated carbocycles. The summed E-state index contributed by atoms with van der Waals surface area (Å²) in [6.07, 6.45) is 0.832. The molecule has 0 bridgehead atoms. The molecule has 3 N–H and O–H groups in total. The van der Waals surface area contributed by atoms with Crippen molar-refractivity contribution in [1.82, 2.24) is 10.3 Å². The van der Waals surface area contributed by atoms with E-state index in [-0.39, 0.29) is 28.9 Å². The standard InChI is InChI=1S/C22H21ClF2N6O2S.ClH/c1-26-8-9-31(3)20-10-15(27-2)5-6-18(20)29-19-12-17(25)21(11-16(19)23)34(32,33)30-22-7-4-14(24)13-28-22;/h4-7,10-13,26,29H,8-9H2,1,3H3,(H,28,30);1H. The molecule has 0 radical (unpaired) electrons. The highest BCUT2D eigenvalue weighted by Crippen LogP contribution is 2.36. The van der Waals surface area contributed by atoms with Crippen LogP contribution >= 0.6 is 24.0 Å². The van der Waals surface area contributed by atoms with Crippen LogP contribution in [0.1, 0.15) is 0 Å². The summed E-state index contributed by atoms with van der Waals surface area (Å²) in [7, 11) is -0.713. The number of anilines is 4. The Kier molecular flexibility index (Phi) is 9.62. The van der Waals surface area contributed by atoms with Gasteiger partial charge in [-0.1, -0.05) is 17.7 Å². The Balaban J connectivity index is 0.00000432. The van der Waals surface area contributed by atoms with Crippen LogP contribution in [0.25, 0.3) is 4.85 Å². The van der Waals surface area contributed by atoms with Crippen molar-refractivity contribution in [1.29, 1.82) is 0 Å². The number of halogens is 4. The van der Waals surface area contributed by atoms with Gasteiger partial charge >= 0.3 is 0 Å². The van der Waals surface area contributed by atoms with E-state index in [1.807, 2.05) is 19.0 Å². The molecule has 3 rings (SSSR count). The lowest BCUT2D eigenvalue weighted by Crippen LogP contribution is -2.27. The van der Waals surface area contributed by atoms with Gasteiger partial charge in [-0.25, -0.2) is 27.0 Å². The number of rotatable bonds is 9. The smallest absolute Gasteiger partial charge is 0.266 e. The molecule has 0 amide bonds. The second-order valence-corrected chi connectivity index (χ2v) is 9.25. The highest BCUT2D eigenvalue weighted by atomic mass is 35.5. The van der Waals surface area contributed by atoms with E-state index in [0.717, 1.165) is 30.5 Å². The van der Waals surface area contributed by atoms with Crippen LogP contribution in [0.4, 0.5) is 37.3 Å².